The van der Waals surface area contributed by atoms with Crippen LogP contribution in [0, 0.1) is 0 Å². The predicted octanol–water partition coefficient (Wildman–Crippen LogP) is 2.87. The number of hydrogen-bond donors (Lipinski definition) is 1. The van der Waals surface area contributed by atoms with Crippen molar-refractivity contribution >= 4 is 40.9 Å². The van der Waals surface area contributed by atoms with Gasteiger partial charge in [0.05, 0.1) is 12.5 Å². The molecule has 1 aromatic rings. The Labute approximate surface area is 114 Å². The Morgan fingerprint density at radius 3 is 2.71 bits per heavy atom. The molecular weight excluding hydrogens is 281 g/mol. The van der Waals surface area contributed by atoms with Gasteiger partial charge in [0.25, 0.3) is 0 Å². The fraction of sp³-hybridized carbons (Fsp3) is 0.364. The van der Waals surface area contributed by atoms with Gasteiger partial charge in [-0.05, 0) is 12.1 Å². The molecule has 0 aliphatic carbocycles. The first-order chi connectivity index (χ1) is 8.13. The van der Waals surface area contributed by atoms with E-state index in [4.69, 9.17) is 27.9 Å². The van der Waals surface area contributed by atoms with E-state index >= 15 is 0 Å². The predicted molar refractivity (Wildman–Crippen MR) is 70.6 cm³/mol. The van der Waals surface area contributed by atoms with Gasteiger partial charge in [0.2, 0.25) is 0 Å². The van der Waals surface area contributed by atoms with E-state index in [2.05, 4.69) is 5.32 Å². The fourth-order valence-corrected chi connectivity index (χ4v) is 3.72. The molecule has 1 fully saturated rings. The van der Waals surface area contributed by atoms with E-state index < -0.39 is 0 Å². The summed E-state index contributed by atoms with van der Waals surface area (Å²) in [4.78, 5) is 11.4. The molecule has 92 valence electrons. The normalized spacial score (nSPS) is 23.7. The summed E-state index contributed by atoms with van der Waals surface area (Å²) < 4.78 is 4.70. The van der Waals surface area contributed by atoms with Gasteiger partial charge in [-0.25, -0.2) is 0 Å². The molecule has 2 rings (SSSR count). The lowest BCUT2D eigenvalue weighted by molar-refractivity contribution is -0.142. The zero-order valence-corrected chi connectivity index (χ0v) is 11.4. The van der Waals surface area contributed by atoms with Gasteiger partial charge in [-0.3, -0.25) is 10.1 Å². The number of nitrogens with one attached hydrogen (secondary N) is 1. The Kier molecular flexibility index (Phi) is 4.20. The van der Waals surface area contributed by atoms with E-state index in [0.717, 1.165) is 5.56 Å². The Bertz CT molecular complexity index is 421. The van der Waals surface area contributed by atoms with Crippen LogP contribution < -0.4 is 5.32 Å². The molecule has 2 atom stereocenters. The molecule has 1 aromatic carbocycles. The highest BCUT2D eigenvalue weighted by Crippen LogP contribution is 2.40. The molecule has 0 amide bonds. The van der Waals surface area contributed by atoms with Crippen molar-refractivity contribution in [2.75, 3.05) is 12.9 Å². The molecule has 0 saturated carbocycles. The molecule has 1 aliphatic heterocycles. The van der Waals surface area contributed by atoms with E-state index in [-0.39, 0.29) is 17.4 Å². The maximum absolute atomic E-state index is 11.4. The van der Waals surface area contributed by atoms with E-state index in [1.54, 1.807) is 30.0 Å². The molecule has 1 heterocycles. The maximum atomic E-state index is 11.4. The highest BCUT2D eigenvalue weighted by Gasteiger charge is 2.33. The molecule has 1 saturated heterocycles. The zero-order chi connectivity index (χ0) is 12.4. The third-order valence-electron chi connectivity index (χ3n) is 2.53. The molecule has 17 heavy (non-hydrogen) atoms. The van der Waals surface area contributed by atoms with Crippen molar-refractivity contribution in [1.29, 1.82) is 0 Å². The average molecular weight is 292 g/mol. The van der Waals surface area contributed by atoms with Gasteiger partial charge < -0.3 is 4.74 Å². The van der Waals surface area contributed by atoms with Crippen LogP contribution in [0.2, 0.25) is 10.0 Å². The van der Waals surface area contributed by atoms with E-state index in [0.29, 0.717) is 15.8 Å². The maximum Gasteiger partial charge on any atom is 0.323 e. The number of hydrogen-bond acceptors (Lipinski definition) is 4. The molecular formula is C11H11Cl2NO2S. The van der Waals surface area contributed by atoms with E-state index in [1.807, 2.05) is 0 Å². The van der Waals surface area contributed by atoms with Gasteiger partial charge in [0.1, 0.15) is 6.04 Å². The lowest BCUT2D eigenvalue weighted by Gasteiger charge is -2.15. The lowest BCUT2D eigenvalue weighted by Crippen LogP contribution is -2.35. The average Bonchev–Trinajstić information content (AvgIpc) is 2.77. The summed E-state index contributed by atoms with van der Waals surface area (Å²) in [6, 6.07) is 5.07. The Hall–Kier alpha value is -0.420. The number of rotatable bonds is 2. The highest BCUT2D eigenvalue weighted by molar-refractivity contribution is 7.99. The minimum Gasteiger partial charge on any atom is -0.468 e. The zero-order valence-electron chi connectivity index (χ0n) is 9.07. The van der Waals surface area contributed by atoms with Crippen LogP contribution in [0.5, 0.6) is 0 Å². The molecule has 3 nitrogen and oxygen atoms in total. The highest BCUT2D eigenvalue weighted by atomic mass is 35.5. The monoisotopic (exact) mass is 291 g/mol. The Morgan fingerprint density at radius 2 is 2.12 bits per heavy atom. The SMILES string of the molecule is COC(=O)[C@H]1CSC(c2c(Cl)cccc2Cl)N1. The van der Waals surface area contributed by atoms with Crippen LogP contribution in [0.3, 0.4) is 0 Å². The van der Waals surface area contributed by atoms with Crippen LogP contribution in [-0.4, -0.2) is 24.9 Å². The number of carbonyl (C=O) groups excluding carboxylic acids is 1. The van der Waals surface area contributed by atoms with Crippen molar-refractivity contribution in [2.45, 2.75) is 11.4 Å². The van der Waals surface area contributed by atoms with Crippen molar-refractivity contribution in [3.05, 3.63) is 33.8 Å². The first-order valence-electron chi connectivity index (χ1n) is 5.03. The van der Waals surface area contributed by atoms with Crippen molar-refractivity contribution in [1.82, 2.24) is 5.32 Å². The fourth-order valence-electron chi connectivity index (χ4n) is 1.68. The Balaban J connectivity index is 2.18. The van der Waals surface area contributed by atoms with Crippen LogP contribution in [0.25, 0.3) is 0 Å². The second-order valence-electron chi connectivity index (χ2n) is 3.59. The van der Waals surface area contributed by atoms with Crippen LogP contribution >= 0.6 is 35.0 Å². The van der Waals surface area contributed by atoms with Gasteiger partial charge >= 0.3 is 5.97 Å². The first kappa shape index (κ1) is 13.0. The summed E-state index contributed by atoms with van der Waals surface area (Å²) in [6.07, 6.45) is 0. The summed E-state index contributed by atoms with van der Waals surface area (Å²) >= 11 is 13.8. The number of halogens is 2. The van der Waals surface area contributed by atoms with Crippen LogP contribution in [-0.2, 0) is 9.53 Å². The minimum absolute atomic E-state index is 0.0692. The molecule has 0 spiro atoms. The van der Waals surface area contributed by atoms with E-state index in [9.17, 15) is 4.79 Å². The van der Waals surface area contributed by atoms with Crippen molar-refractivity contribution in [3.8, 4) is 0 Å². The number of ether oxygens (including phenoxy) is 1. The molecule has 6 heteroatoms. The smallest absolute Gasteiger partial charge is 0.323 e. The number of carbonyl (C=O) groups is 1. The third kappa shape index (κ3) is 2.71. The van der Waals surface area contributed by atoms with Crippen LogP contribution in [0.4, 0.5) is 0 Å². The quantitative estimate of drug-likeness (QED) is 0.851. The van der Waals surface area contributed by atoms with Crippen molar-refractivity contribution < 1.29 is 9.53 Å². The third-order valence-corrected chi connectivity index (χ3v) is 4.42. The summed E-state index contributed by atoms with van der Waals surface area (Å²) in [5.74, 6) is 0.391. The standard InChI is InChI=1S/C11H11Cl2NO2S/c1-16-11(15)8-5-17-10(14-8)9-6(12)3-2-4-7(9)13/h2-4,8,10,14H,5H2,1H3/t8-,10?/m1/s1. The summed E-state index contributed by atoms with van der Waals surface area (Å²) in [7, 11) is 1.38. The summed E-state index contributed by atoms with van der Waals surface area (Å²) in [5, 5.41) is 4.30. The topological polar surface area (TPSA) is 38.3 Å². The lowest BCUT2D eigenvalue weighted by atomic mass is 10.2. The Morgan fingerprint density at radius 1 is 1.47 bits per heavy atom. The summed E-state index contributed by atoms with van der Waals surface area (Å²) in [5.41, 5.74) is 0.826. The molecule has 1 aliphatic rings. The second-order valence-corrected chi connectivity index (χ2v) is 5.54. The van der Waals surface area contributed by atoms with Gasteiger partial charge in [-0.1, -0.05) is 29.3 Å². The molecule has 1 N–H and O–H groups in total. The number of thioether (sulfide) groups is 1. The molecule has 0 aromatic heterocycles. The number of benzene rings is 1. The molecule has 0 bridgehead atoms. The van der Waals surface area contributed by atoms with Crippen molar-refractivity contribution in [2.24, 2.45) is 0 Å². The van der Waals surface area contributed by atoms with Crippen LogP contribution in [0.1, 0.15) is 10.9 Å². The summed E-state index contributed by atoms with van der Waals surface area (Å²) in [6.45, 7) is 0. The van der Waals surface area contributed by atoms with Gasteiger partial charge in [0, 0.05) is 21.4 Å². The number of esters is 1. The van der Waals surface area contributed by atoms with Gasteiger partial charge in [-0.15, -0.1) is 11.8 Å². The molecule has 1 unspecified atom stereocenters. The minimum atomic E-state index is -0.303. The second kappa shape index (κ2) is 5.48. The van der Waals surface area contributed by atoms with Gasteiger partial charge in [0.15, 0.2) is 0 Å². The van der Waals surface area contributed by atoms with Crippen molar-refractivity contribution in [3.63, 3.8) is 0 Å². The molecule has 0 radical (unpaired) electrons. The largest absolute Gasteiger partial charge is 0.468 e. The first-order valence-corrected chi connectivity index (χ1v) is 6.83. The van der Waals surface area contributed by atoms with E-state index in [1.165, 1.54) is 7.11 Å². The van der Waals surface area contributed by atoms with Crippen LogP contribution in [0.15, 0.2) is 18.2 Å². The number of methoxy groups -OCH3 is 1. The van der Waals surface area contributed by atoms with Gasteiger partial charge in [-0.2, -0.15) is 0 Å².